The Morgan fingerprint density at radius 3 is 2.76 bits per heavy atom. The van der Waals surface area contributed by atoms with E-state index in [1.807, 2.05) is 6.92 Å². The summed E-state index contributed by atoms with van der Waals surface area (Å²) in [6.07, 6.45) is 5.97. The second-order valence-corrected chi connectivity index (χ2v) is 3.99. The number of anilines is 1. The molecule has 1 heterocycles. The van der Waals surface area contributed by atoms with Crippen LogP contribution in [-0.2, 0) is 11.3 Å². The Morgan fingerprint density at radius 1 is 1.41 bits per heavy atom. The molecule has 0 bridgehead atoms. The fourth-order valence-electron chi connectivity index (χ4n) is 1.52. The number of hydrogen-bond donors (Lipinski definition) is 1. The van der Waals surface area contributed by atoms with Gasteiger partial charge in [0.15, 0.2) is 5.69 Å². The highest BCUT2D eigenvalue weighted by molar-refractivity contribution is 5.92. The molecule has 1 aromatic rings. The van der Waals surface area contributed by atoms with Crippen molar-refractivity contribution in [3.63, 3.8) is 0 Å². The van der Waals surface area contributed by atoms with Crippen LogP contribution in [0.1, 0.15) is 50.0 Å². The van der Waals surface area contributed by atoms with E-state index in [4.69, 9.17) is 10.5 Å². The van der Waals surface area contributed by atoms with E-state index >= 15 is 0 Å². The summed E-state index contributed by atoms with van der Waals surface area (Å²) in [5, 5.41) is 4.06. The van der Waals surface area contributed by atoms with E-state index in [1.54, 1.807) is 10.9 Å². The molecule has 0 aromatic carbocycles. The summed E-state index contributed by atoms with van der Waals surface area (Å²) in [6.45, 7) is 5.21. The number of nitrogens with zero attached hydrogens (tertiary/aromatic N) is 2. The lowest BCUT2D eigenvalue weighted by molar-refractivity contribution is 0.0491. The van der Waals surface area contributed by atoms with Gasteiger partial charge in [0.25, 0.3) is 0 Å². The monoisotopic (exact) mass is 239 g/mol. The van der Waals surface area contributed by atoms with Crippen LogP contribution in [0.25, 0.3) is 0 Å². The van der Waals surface area contributed by atoms with Crippen LogP contribution in [-0.4, -0.2) is 22.4 Å². The Kier molecular flexibility index (Phi) is 5.52. The van der Waals surface area contributed by atoms with Crippen LogP contribution in [0.15, 0.2) is 6.20 Å². The van der Waals surface area contributed by atoms with E-state index in [-0.39, 0.29) is 5.69 Å². The van der Waals surface area contributed by atoms with Crippen molar-refractivity contribution in [2.45, 2.75) is 46.1 Å². The lowest BCUT2D eigenvalue weighted by Crippen LogP contribution is -2.10. The maximum absolute atomic E-state index is 11.6. The molecule has 0 amide bonds. The molecule has 96 valence electrons. The number of carbonyl (C=O) groups excluding carboxylic acids is 1. The Morgan fingerprint density at radius 2 is 2.18 bits per heavy atom. The molecule has 0 aliphatic heterocycles. The van der Waals surface area contributed by atoms with E-state index in [2.05, 4.69) is 12.0 Å². The average molecular weight is 239 g/mol. The maximum atomic E-state index is 11.6. The zero-order chi connectivity index (χ0) is 12.7. The molecule has 5 heteroatoms. The molecule has 0 radical (unpaired) electrons. The van der Waals surface area contributed by atoms with E-state index < -0.39 is 5.97 Å². The van der Waals surface area contributed by atoms with Crippen molar-refractivity contribution in [3.8, 4) is 0 Å². The number of unbranched alkanes of at least 4 members (excludes halogenated alkanes) is 3. The van der Waals surface area contributed by atoms with Crippen LogP contribution in [0, 0.1) is 0 Å². The molecule has 1 rings (SSSR count). The number of aryl methyl sites for hydroxylation is 1. The van der Waals surface area contributed by atoms with Gasteiger partial charge >= 0.3 is 5.97 Å². The normalized spacial score (nSPS) is 10.5. The number of nitrogen functional groups attached to an aromatic ring is 1. The third-order valence-electron chi connectivity index (χ3n) is 2.54. The van der Waals surface area contributed by atoms with E-state index in [1.165, 1.54) is 12.8 Å². The van der Waals surface area contributed by atoms with Crippen LogP contribution < -0.4 is 5.73 Å². The van der Waals surface area contributed by atoms with Crippen LogP contribution >= 0.6 is 0 Å². The topological polar surface area (TPSA) is 70.1 Å². The molecule has 0 aliphatic rings. The van der Waals surface area contributed by atoms with Gasteiger partial charge in [-0.2, -0.15) is 5.10 Å². The fourth-order valence-corrected chi connectivity index (χ4v) is 1.52. The van der Waals surface area contributed by atoms with Gasteiger partial charge in [-0.15, -0.1) is 0 Å². The third kappa shape index (κ3) is 4.09. The Labute approximate surface area is 102 Å². The van der Waals surface area contributed by atoms with Gasteiger partial charge in [-0.3, -0.25) is 4.68 Å². The number of aromatic nitrogens is 2. The lowest BCUT2D eigenvalue weighted by atomic mass is 10.2. The first-order valence-corrected chi connectivity index (χ1v) is 6.19. The number of ether oxygens (including phenoxy) is 1. The molecule has 0 aliphatic carbocycles. The Bertz CT molecular complexity index is 361. The van der Waals surface area contributed by atoms with Crippen LogP contribution in [0.3, 0.4) is 0 Å². The lowest BCUT2D eigenvalue weighted by Gasteiger charge is -2.02. The summed E-state index contributed by atoms with van der Waals surface area (Å²) in [5.41, 5.74) is 6.29. The summed E-state index contributed by atoms with van der Waals surface area (Å²) in [5.74, 6) is -0.425. The summed E-state index contributed by atoms with van der Waals surface area (Å²) >= 11 is 0. The van der Waals surface area contributed by atoms with Gasteiger partial charge in [-0.05, 0) is 13.3 Å². The van der Waals surface area contributed by atoms with E-state index in [0.717, 1.165) is 12.8 Å². The van der Waals surface area contributed by atoms with Gasteiger partial charge in [-0.1, -0.05) is 26.2 Å². The highest BCUT2D eigenvalue weighted by Crippen LogP contribution is 2.11. The van der Waals surface area contributed by atoms with Crippen molar-refractivity contribution in [2.75, 3.05) is 12.3 Å². The first-order valence-electron chi connectivity index (χ1n) is 6.19. The number of nitrogens with two attached hydrogens (primary N) is 1. The second kappa shape index (κ2) is 6.93. The van der Waals surface area contributed by atoms with Crippen molar-refractivity contribution in [1.29, 1.82) is 0 Å². The Balaban J connectivity index is 2.38. The minimum atomic E-state index is -0.425. The smallest absolute Gasteiger partial charge is 0.361 e. The molecule has 0 saturated heterocycles. The number of hydrogen-bond acceptors (Lipinski definition) is 4. The molecule has 0 spiro atoms. The van der Waals surface area contributed by atoms with Gasteiger partial charge in [0, 0.05) is 12.7 Å². The van der Waals surface area contributed by atoms with Gasteiger partial charge in [0.1, 0.15) is 0 Å². The third-order valence-corrected chi connectivity index (χ3v) is 2.54. The second-order valence-electron chi connectivity index (χ2n) is 3.99. The van der Waals surface area contributed by atoms with Crippen LogP contribution in [0.5, 0.6) is 0 Å². The minimum Gasteiger partial charge on any atom is -0.461 e. The molecule has 5 nitrogen and oxygen atoms in total. The molecule has 0 saturated carbocycles. The summed E-state index contributed by atoms with van der Waals surface area (Å²) in [7, 11) is 0. The predicted molar refractivity (Wildman–Crippen MR) is 66.7 cm³/mol. The highest BCUT2D eigenvalue weighted by atomic mass is 16.5. The van der Waals surface area contributed by atoms with Crippen LogP contribution in [0.4, 0.5) is 5.69 Å². The molecule has 17 heavy (non-hydrogen) atoms. The van der Waals surface area contributed by atoms with Gasteiger partial charge in [0.05, 0.1) is 12.3 Å². The van der Waals surface area contributed by atoms with Crippen molar-refractivity contribution in [2.24, 2.45) is 0 Å². The molecule has 2 N–H and O–H groups in total. The van der Waals surface area contributed by atoms with Crippen LogP contribution in [0.2, 0.25) is 0 Å². The van der Waals surface area contributed by atoms with Crippen molar-refractivity contribution >= 4 is 11.7 Å². The largest absolute Gasteiger partial charge is 0.461 e. The number of carbonyl (C=O) groups is 1. The predicted octanol–water partition coefficient (Wildman–Crippen LogP) is 2.22. The quantitative estimate of drug-likeness (QED) is 0.585. The van der Waals surface area contributed by atoms with Crippen molar-refractivity contribution < 1.29 is 9.53 Å². The van der Waals surface area contributed by atoms with Gasteiger partial charge < -0.3 is 10.5 Å². The fraction of sp³-hybridized carbons (Fsp3) is 0.667. The number of rotatable bonds is 7. The SMILES string of the molecule is CCCCCCOC(=O)c1nn(CC)cc1N. The molecular formula is C12H21N3O2. The summed E-state index contributed by atoms with van der Waals surface area (Å²) in [6, 6.07) is 0. The van der Waals surface area contributed by atoms with Gasteiger partial charge in [0.2, 0.25) is 0 Å². The number of esters is 1. The maximum Gasteiger partial charge on any atom is 0.361 e. The van der Waals surface area contributed by atoms with Crippen molar-refractivity contribution in [3.05, 3.63) is 11.9 Å². The Hall–Kier alpha value is -1.52. The summed E-state index contributed by atoms with van der Waals surface area (Å²) < 4.78 is 6.75. The summed E-state index contributed by atoms with van der Waals surface area (Å²) in [4.78, 5) is 11.6. The molecular weight excluding hydrogens is 218 g/mol. The van der Waals surface area contributed by atoms with E-state index in [9.17, 15) is 4.79 Å². The molecule has 1 aromatic heterocycles. The standard InChI is InChI=1S/C12H21N3O2/c1-3-5-6-7-8-17-12(16)11-10(13)9-15(4-2)14-11/h9H,3-8,13H2,1-2H3. The zero-order valence-electron chi connectivity index (χ0n) is 10.6. The molecule has 0 fully saturated rings. The van der Waals surface area contributed by atoms with E-state index in [0.29, 0.717) is 18.8 Å². The average Bonchev–Trinajstić information content (AvgIpc) is 2.70. The zero-order valence-corrected chi connectivity index (χ0v) is 10.6. The van der Waals surface area contributed by atoms with Crippen molar-refractivity contribution in [1.82, 2.24) is 9.78 Å². The van der Waals surface area contributed by atoms with Gasteiger partial charge in [-0.25, -0.2) is 4.79 Å². The highest BCUT2D eigenvalue weighted by Gasteiger charge is 2.15. The molecule has 0 atom stereocenters. The first kappa shape index (κ1) is 13.5. The first-order chi connectivity index (χ1) is 8.19. The minimum absolute atomic E-state index is 0.224. The molecule has 0 unspecified atom stereocenters.